The van der Waals surface area contributed by atoms with Gasteiger partial charge < -0.3 is 10.6 Å². The first-order valence-electron chi connectivity index (χ1n) is 4.63. The van der Waals surface area contributed by atoms with Gasteiger partial charge in [-0.3, -0.25) is 0 Å². The van der Waals surface area contributed by atoms with Gasteiger partial charge in [0.15, 0.2) is 0 Å². The van der Waals surface area contributed by atoms with Crippen LogP contribution in [-0.4, -0.2) is 12.6 Å². The smallest absolute Gasteiger partial charge is 0.319 e. The molecule has 1 aromatic rings. The van der Waals surface area contributed by atoms with Crippen LogP contribution in [0.3, 0.4) is 0 Å². The lowest BCUT2D eigenvalue weighted by molar-refractivity contribution is 0.252. The predicted octanol–water partition coefficient (Wildman–Crippen LogP) is 3.63. The van der Waals surface area contributed by atoms with Crippen LogP contribution in [0.1, 0.15) is 13.3 Å². The van der Waals surface area contributed by atoms with Crippen LogP contribution in [0.4, 0.5) is 10.5 Å². The van der Waals surface area contributed by atoms with E-state index in [1.165, 1.54) is 0 Å². The number of hydrogen-bond donors (Lipinski definition) is 2. The molecule has 0 aliphatic carbocycles. The van der Waals surface area contributed by atoms with E-state index < -0.39 is 0 Å². The van der Waals surface area contributed by atoms with Crippen molar-refractivity contribution in [2.45, 2.75) is 13.3 Å². The number of halogens is 2. The number of anilines is 1. The van der Waals surface area contributed by atoms with E-state index in [-0.39, 0.29) is 6.03 Å². The Kier molecular flexibility index (Phi) is 4.91. The van der Waals surface area contributed by atoms with E-state index in [4.69, 9.17) is 11.6 Å². The van der Waals surface area contributed by atoms with Gasteiger partial charge in [-0.2, -0.15) is 0 Å². The first-order chi connectivity index (χ1) is 7.13. The van der Waals surface area contributed by atoms with Gasteiger partial charge in [-0.15, -0.1) is 0 Å². The first kappa shape index (κ1) is 12.3. The van der Waals surface area contributed by atoms with Gasteiger partial charge in [-0.25, -0.2) is 4.79 Å². The summed E-state index contributed by atoms with van der Waals surface area (Å²) < 4.78 is 0.809. The standard InChI is InChI=1S/C10H12BrClN2O/c1-2-5-13-10(15)14-7-3-4-8(11)9(12)6-7/h3-4,6H,2,5H2,1H3,(H2,13,14,15). The Morgan fingerprint density at radius 3 is 2.87 bits per heavy atom. The summed E-state index contributed by atoms with van der Waals surface area (Å²) in [4.78, 5) is 11.3. The van der Waals surface area contributed by atoms with Crippen molar-refractivity contribution < 1.29 is 4.79 Å². The van der Waals surface area contributed by atoms with E-state index in [0.717, 1.165) is 10.9 Å². The number of urea groups is 1. The molecule has 0 aliphatic rings. The molecule has 0 saturated carbocycles. The molecular formula is C10H12BrClN2O. The Balaban J connectivity index is 2.57. The molecule has 0 aliphatic heterocycles. The monoisotopic (exact) mass is 290 g/mol. The molecule has 0 fully saturated rings. The maximum absolute atomic E-state index is 11.3. The Morgan fingerprint density at radius 2 is 2.27 bits per heavy atom. The number of nitrogens with one attached hydrogen (secondary N) is 2. The highest BCUT2D eigenvalue weighted by atomic mass is 79.9. The molecule has 15 heavy (non-hydrogen) atoms. The predicted molar refractivity (Wildman–Crippen MR) is 66.5 cm³/mol. The highest BCUT2D eigenvalue weighted by molar-refractivity contribution is 9.10. The highest BCUT2D eigenvalue weighted by Crippen LogP contribution is 2.25. The second-order valence-corrected chi connectivity index (χ2v) is 4.27. The van der Waals surface area contributed by atoms with Crippen molar-refractivity contribution in [2.24, 2.45) is 0 Å². The third-order valence-electron chi connectivity index (χ3n) is 1.71. The summed E-state index contributed by atoms with van der Waals surface area (Å²) in [5.74, 6) is 0. The summed E-state index contributed by atoms with van der Waals surface area (Å²) in [6.07, 6.45) is 0.911. The molecule has 0 unspecified atom stereocenters. The van der Waals surface area contributed by atoms with Crippen molar-refractivity contribution >= 4 is 39.2 Å². The van der Waals surface area contributed by atoms with Crippen molar-refractivity contribution in [3.63, 3.8) is 0 Å². The summed E-state index contributed by atoms with van der Waals surface area (Å²) in [5.41, 5.74) is 0.678. The third kappa shape index (κ3) is 4.10. The van der Waals surface area contributed by atoms with Crippen LogP contribution in [0.25, 0.3) is 0 Å². The molecule has 0 spiro atoms. The van der Waals surface area contributed by atoms with Gasteiger partial charge in [-0.1, -0.05) is 18.5 Å². The fourth-order valence-electron chi connectivity index (χ4n) is 0.988. The average molecular weight is 292 g/mol. The second kappa shape index (κ2) is 5.98. The molecular weight excluding hydrogens is 279 g/mol. The van der Waals surface area contributed by atoms with Crippen molar-refractivity contribution in [2.75, 3.05) is 11.9 Å². The molecule has 0 saturated heterocycles. The molecule has 2 N–H and O–H groups in total. The van der Waals surface area contributed by atoms with Crippen molar-refractivity contribution in [1.29, 1.82) is 0 Å². The van der Waals surface area contributed by atoms with Crippen molar-refractivity contribution in [3.05, 3.63) is 27.7 Å². The van der Waals surface area contributed by atoms with Crippen LogP contribution in [0.15, 0.2) is 22.7 Å². The van der Waals surface area contributed by atoms with E-state index in [2.05, 4.69) is 26.6 Å². The Morgan fingerprint density at radius 1 is 1.53 bits per heavy atom. The maximum Gasteiger partial charge on any atom is 0.319 e. The van der Waals surface area contributed by atoms with E-state index in [1.807, 2.05) is 6.92 Å². The van der Waals surface area contributed by atoms with Crippen LogP contribution in [0.2, 0.25) is 5.02 Å². The van der Waals surface area contributed by atoms with Gasteiger partial charge in [0, 0.05) is 16.7 Å². The molecule has 1 aromatic carbocycles. The highest BCUT2D eigenvalue weighted by Gasteiger charge is 2.02. The minimum atomic E-state index is -0.213. The van der Waals surface area contributed by atoms with E-state index in [9.17, 15) is 4.79 Å². The SMILES string of the molecule is CCCNC(=O)Nc1ccc(Br)c(Cl)c1. The molecule has 0 aromatic heterocycles. The van der Waals surface area contributed by atoms with Gasteiger partial charge in [0.05, 0.1) is 5.02 Å². The molecule has 82 valence electrons. The molecule has 1 rings (SSSR count). The van der Waals surface area contributed by atoms with Crippen LogP contribution in [-0.2, 0) is 0 Å². The number of carbonyl (C=O) groups excluding carboxylic acids is 1. The fraction of sp³-hybridized carbons (Fsp3) is 0.300. The number of hydrogen-bond acceptors (Lipinski definition) is 1. The fourth-order valence-corrected chi connectivity index (χ4v) is 1.41. The normalized spacial score (nSPS) is 9.80. The second-order valence-electron chi connectivity index (χ2n) is 3.01. The van der Waals surface area contributed by atoms with Gasteiger partial charge in [0.1, 0.15) is 0 Å². The molecule has 0 heterocycles. The Bertz CT molecular complexity index is 357. The van der Waals surface area contributed by atoms with E-state index in [0.29, 0.717) is 17.3 Å². The summed E-state index contributed by atoms with van der Waals surface area (Å²) >= 11 is 9.16. The maximum atomic E-state index is 11.3. The lowest BCUT2D eigenvalue weighted by Gasteiger charge is -2.07. The van der Waals surface area contributed by atoms with Gasteiger partial charge in [0.25, 0.3) is 0 Å². The molecule has 3 nitrogen and oxygen atoms in total. The lowest BCUT2D eigenvalue weighted by Crippen LogP contribution is -2.29. The van der Waals surface area contributed by atoms with Crippen LogP contribution in [0, 0.1) is 0 Å². The number of benzene rings is 1. The zero-order chi connectivity index (χ0) is 11.3. The number of amides is 2. The minimum absolute atomic E-state index is 0.213. The largest absolute Gasteiger partial charge is 0.338 e. The zero-order valence-electron chi connectivity index (χ0n) is 8.31. The van der Waals surface area contributed by atoms with Crippen molar-refractivity contribution in [3.8, 4) is 0 Å². The van der Waals surface area contributed by atoms with E-state index in [1.54, 1.807) is 18.2 Å². The molecule has 0 bridgehead atoms. The molecule has 5 heteroatoms. The van der Waals surface area contributed by atoms with Gasteiger partial charge in [-0.05, 0) is 40.5 Å². The lowest BCUT2D eigenvalue weighted by atomic mass is 10.3. The summed E-state index contributed by atoms with van der Waals surface area (Å²) in [7, 11) is 0. The summed E-state index contributed by atoms with van der Waals surface area (Å²) in [5, 5.41) is 5.97. The number of rotatable bonds is 3. The molecule has 0 atom stereocenters. The molecule has 0 radical (unpaired) electrons. The first-order valence-corrected chi connectivity index (χ1v) is 5.80. The van der Waals surface area contributed by atoms with Crippen LogP contribution in [0.5, 0.6) is 0 Å². The minimum Gasteiger partial charge on any atom is -0.338 e. The van der Waals surface area contributed by atoms with Crippen LogP contribution < -0.4 is 10.6 Å². The topological polar surface area (TPSA) is 41.1 Å². The molecule has 2 amide bonds. The third-order valence-corrected chi connectivity index (χ3v) is 2.95. The van der Waals surface area contributed by atoms with Crippen molar-refractivity contribution in [1.82, 2.24) is 5.32 Å². The summed E-state index contributed by atoms with van der Waals surface area (Å²) in [6.45, 7) is 2.66. The number of carbonyl (C=O) groups is 1. The average Bonchev–Trinajstić information content (AvgIpc) is 2.20. The van der Waals surface area contributed by atoms with Crippen LogP contribution >= 0.6 is 27.5 Å². The zero-order valence-corrected chi connectivity index (χ0v) is 10.7. The summed E-state index contributed by atoms with van der Waals surface area (Å²) in [6, 6.07) is 5.05. The van der Waals surface area contributed by atoms with Gasteiger partial charge >= 0.3 is 6.03 Å². The Hall–Kier alpha value is -0.740. The van der Waals surface area contributed by atoms with Gasteiger partial charge in [0.2, 0.25) is 0 Å². The van der Waals surface area contributed by atoms with E-state index >= 15 is 0 Å². The quantitative estimate of drug-likeness (QED) is 0.877. The Labute approximate surface area is 102 Å².